The first-order valence-corrected chi connectivity index (χ1v) is 10.0. The molecule has 0 radical (unpaired) electrons. The van der Waals surface area contributed by atoms with Crippen LogP contribution in [0.2, 0.25) is 0 Å². The highest BCUT2D eigenvalue weighted by atomic mass is 15.2. The SMILES string of the molecule is CCCc1nccn1CC1C[C@@H]2c3cccc4[nH]cc(c34)C[C@H]2N(C)C1. The molecule has 2 aliphatic rings. The second-order valence-electron chi connectivity index (χ2n) is 8.25. The molecule has 0 spiro atoms. The molecule has 1 saturated heterocycles. The summed E-state index contributed by atoms with van der Waals surface area (Å²) < 4.78 is 2.40. The van der Waals surface area contributed by atoms with Gasteiger partial charge in [0.2, 0.25) is 0 Å². The molecule has 1 unspecified atom stereocenters. The van der Waals surface area contributed by atoms with Gasteiger partial charge in [-0.15, -0.1) is 0 Å². The topological polar surface area (TPSA) is 36.9 Å². The van der Waals surface area contributed by atoms with Gasteiger partial charge in [0.25, 0.3) is 0 Å². The Balaban J connectivity index is 1.45. The number of piperidine rings is 1. The van der Waals surface area contributed by atoms with Crippen molar-refractivity contribution in [3.05, 3.63) is 53.7 Å². The predicted molar refractivity (Wildman–Crippen MR) is 105 cm³/mol. The Morgan fingerprint density at radius 2 is 2.23 bits per heavy atom. The summed E-state index contributed by atoms with van der Waals surface area (Å²) in [5, 5.41) is 1.50. The summed E-state index contributed by atoms with van der Waals surface area (Å²) in [7, 11) is 2.32. The molecule has 4 heteroatoms. The van der Waals surface area contributed by atoms with Crippen LogP contribution in [0.25, 0.3) is 10.9 Å². The van der Waals surface area contributed by atoms with Crippen molar-refractivity contribution in [2.45, 2.75) is 51.1 Å². The monoisotopic (exact) mass is 348 g/mol. The molecule has 0 bridgehead atoms. The molecule has 1 fully saturated rings. The normalized spacial score (nSPS) is 25.5. The van der Waals surface area contributed by atoms with Crippen molar-refractivity contribution in [3.8, 4) is 0 Å². The van der Waals surface area contributed by atoms with Gasteiger partial charge in [-0.05, 0) is 49.4 Å². The summed E-state index contributed by atoms with van der Waals surface area (Å²) >= 11 is 0. The smallest absolute Gasteiger partial charge is 0.108 e. The van der Waals surface area contributed by atoms with E-state index in [1.165, 1.54) is 41.7 Å². The van der Waals surface area contributed by atoms with Crippen LogP contribution in [0.3, 0.4) is 0 Å². The zero-order valence-corrected chi connectivity index (χ0v) is 15.8. The standard InChI is InChI=1S/C22H28N4/c1-3-5-21-23-8-9-26(21)14-15-10-18-17-6-4-7-19-22(17)16(12-24-19)11-20(18)25(2)13-15/h4,6-9,12,15,18,20,24H,3,5,10-11,13-14H2,1-2H3/t15?,18-,20-/m1/s1. The molecule has 3 aromatic rings. The third-order valence-electron chi connectivity index (χ3n) is 6.54. The van der Waals surface area contributed by atoms with Crippen molar-refractivity contribution in [1.29, 1.82) is 0 Å². The Morgan fingerprint density at radius 1 is 1.31 bits per heavy atom. The van der Waals surface area contributed by atoms with E-state index in [9.17, 15) is 0 Å². The van der Waals surface area contributed by atoms with Gasteiger partial charge in [-0.2, -0.15) is 0 Å². The Hall–Kier alpha value is -2.07. The first-order valence-electron chi connectivity index (χ1n) is 10.0. The fourth-order valence-corrected chi connectivity index (χ4v) is 5.42. The fraction of sp³-hybridized carbons (Fsp3) is 0.500. The Bertz CT molecular complexity index is 921. The number of aromatic amines is 1. The Kier molecular flexibility index (Phi) is 3.89. The first kappa shape index (κ1) is 16.1. The number of hydrogen-bond acceptors (Lipinski definition) is 2. The number of nitrogens with one attached hydrogen (secondary N) is 1. The number of H-pyrrole nitrogens is 1. The van der Waals surface area contributed by atoms with Crippen molar-refractivity contribution < 1.29 is 0 Å². The molecular formula is C22H28N4. The van der Waals surface area contributed by atoms with E-state index in [0.717, 1.165) is 19.4 Å². The minimum atomic E-state index is 0.637. The van der Waals surface area contributed by atoms with E-state index in [1.54, 1.807) is 5.56 Å². The van der Waals surface area contributed by atoms with E-state index in [4.69, 9.17) is 0 Å². The highest BCUT2D eigenvalue weighted by molar-refractivity contribution is 5.88. The average molecular weight is 348 g/mol. The Morgan fingerprint density at radius 3 is 3.12 bits per heavy atom. The fourth-order valence-electron chi connectivity index (χ4n) is 5.42. The van der Waals surface area contributed by atoms with E-state index < -0.39 is 0 Å². The van der Waals surface area contributed by atoms with Gasteiger partial charge in [0.15, 0.2) is 0 Å². The van der Waals surface area contributed by atoms with Gasteiger partial charge < -0.3 is 14.5 Å². The molecular weight excluding hydrogens is 320 g/mol. The molecule has 3 heterocycles. The molecule has 5 rings (SSSR count). The molecule has 1 N–H and O–H groups in total. The quantitative estimate of drug-likeness (QED) is 0.774. The summed E-state index contributed by atoms with van der Waals surface area (Å²) in [5.41, 5.74) is 4.37. The van der Waals surface area contributed by atoms with Crippen LogP contribution < -0.4 is 0 Å². The first-order chi connectivity index (χ1) is 12.7. The average Bonchev–Trinajstić information content (AvgIpc) is 3.25. The van der Waals surface area contributed by atoms with Crippen molar-refractivity contribution >= 4 is 10.9 Å². The lowest BCUT2D eigenvalue weighted by Gasteiger charge is -2.45. The number of hydrogen-bond donors (Lipinski definition) is 1. The van der Waals surface area contributed by atoms with Gasteiger partial charge in [-0.3, -0.25) is 0 Å². The van der Waals surface area contributed by atoms with Crippen LogP contribution in [0.4, 0.5) is 0 Å². The van der Waals surface area contributed by atoms with Crippen LogP contribution in [-0.4, -0.2) is 39.1 Å². The molecule has 1 aromatic carbocycles. The largest absolute Gasteiger partial charge is 0.361 e. The van der Waals surface area contributed by atoms with Gasteiger partial charge in [-0.1, -0.05) is 19.1 Å². The van der Waals surface area contributed by atoms with Crippen molar-refractivity contribution in [1.82, 2.24) is 19.4 Å². The van der Waals surface area contributed by atoms with Crippen molar-refractivity contribution in [3.63, 3.8) is 0 Å². The van der Waals surface area contributed by atoms with E-state index in [2.05, 4.69) is 64.0 Å². The van der Waals surface area contributed by atoms with Crippen molar-refractivity contribution in [2.75, 3.05) is 13.6 Å². The van der Waals surface area contributed by atoms with E-state index in [0.29, 0.717) is 17.9 Å². The zero-order valence-electron chi connectivity index (χ0n) is 15.8. The second-order valence-corrected chi connectivity index (χ2v) is 8.25. The van der Waals surface area contributed by atoms with Crippen molar-refractivity contribution in [2.24, 2.45) is 5.92 Å². The van der Waals surface area contributed by atoms with Crippen LogP contribution >= 0.6 is 0 Å². The summed E-state index contributed by atoms with van der Waals surface area (Å²) in [6, 6.07) is 7.44. The molecule has 1 aliphatic heterocycles. The van der Waals surface area contributed by atoms with E-state index >= 15 is 0 Å². The summed E-state index contributed by atoms with van der Waals surface area (Å²) in [6.45, 7) is 4.51. The Labute approximate surface area is 155 Å². The third-order valence-corrected chi connectivity index (χ3v) is 6.54. The van der Waals surface area contributed by atoms with Crippen LogP contribution in [0, 0.1) is 5.92 Å². The van der Waals surface area contributed by atoms with Crippen LogP contribution in [0.1, 0.15) is 42.6 Å². The number of likely N-dealkylation sites (tertiary alicyclic amines) is 1. The van der Waals surface area contributed by atoms with Gasteiger partial charge in [0, 0.05) is 61.0 Å². The summed E-state index contributed by atoms with van der Waals surface area (Å²) in [6.07, 6.45) is 11.1. The number of benzene rings is 1. The number of aromatic nitrogens is 3. The number of likely N-dealkylation sites (N-methyl/N-ethyl adjacent to an activating group) is 1. The van der Waals surface area contributed by atoms with Crippen LogP contribution in [0.15, 0.2) is 36.8 Å². The second kappa shape index (κ2) is 6.27. The predicted octanol–water partition coefficient (Wildman–Crippen LogP) is 3.98. The maximum atomic E-state index is 4.57. The molecule has 0 saturated carbocycles. The highest BCUT2D eigenvalue weighted by Crippen LogP contribution is 2.44. The minimum absolute atomic E-state index is 0.637. The van der Waals surface area contributed by atoms with Gasteiger partial charge >= 0.3 is 0 Å². The number of fused-ring (bicyclic) bond motifs is 2. The van der Waals surface area contributed by atoms with Crippen LogP contribution in [0.5, 0.6) is 0 Å². The number of imidazole rings is 1. The molecule has 2 aromatic heterocycles. The lowest BCUT2D eigenvalue weighted by molar-refractivity contribution is 0.103. The highest BCUT2D eigenvalue weighted by Gasteiger charge is 2.39. The minimum Gasteiger partial charge on any atom is -0.361 e. The maximum Gasteiger partial charge on any atom is 0.108 e. The maximum absolute atomic E-state index is 4.57. The third kappa shape index (κ3) is 2.50. The van der Waals surface area contributed by atoms with Gasteiger partial charge in [0.05, 0.1) is 0 Å². The number of rotatable bonds is 4. The molecule has 4 nitrogen and oxygen atoms in total. The molecule has 26 heavy (non-hydrogen) atoms. The molecule has 0 amide bonds. The molecule has 136 valence electrons. The van der Waals surface area contributed by atoms with E-state index in [1.807, 2.05) is 6.20 Å². The van der Waals surface area contributed by atoms with Gasteiger partial charge in [0.1, 0.15) is 5.82 Å². The molecule has 1 aliphatic carbocycles. The summed E-state index contributed by atoms with van der Waals surface area (Å²) in [5.74, 6) is 2.57. The lowest BCUT2D eigenvalue weighted by atomic mass is 9.72. The van der Waals surface area contributed by atoms with Gasteiger partial charge in [-0.25, -0.2) is 4.98 Å². The molecule has 3 atom stereocenters. The summed E-state index contributed by atoms with van der Waals surface area (Å²) in [4.78, 5) is 10.7. The van der Waals surface area contributed by atoms with Crippen LogP contribution in [-0.2, 0) is 19.4 Å². The van der Waals surface area contributed by atoms with E-state index in [-0.39, 0.29) is 0 Å². The number of nitrogens with zero attached hydrogens (tertiary/aromatic N) is 3. The number of aryl methyl sites for hydroxylation is 1. The lowest BCUT2D eigenvalue weighted by Crippen LogP contribution is -2.48. The zero-order chi connectivity index (χ0) is 17.7.